The molecular formula is C16H22BrNO. The smallest absolute Gasteiger partial charge is 0.252 e. The van der Waals surface area contributed by atoms with Gasteiger partial charge in [-0.2, -0.15) is 0 Å². The van der Waals surface area contributed by atoms with Crippen molar-refractivity contribution in [1.29, 1.82) is 0 Å². The zero-order valence-electron chi connectivity index (χ0n) is 11.8. The maximum absolute atomic E-state index is 12.6. The van der Waals surface area contributed by atoms with Crippen LogP contribution >= 0.6 is 15.9 Å². The van der Waals surface area contributed by atoms with Crippen LogP contribution in [-0.4, -0.2) is 16.8 Å². The van der Waals surface area contributed by atoms with Crippen molar-refractivity contribution in [1.82, 2.24) is 5.32 Å². The number of amides is 1. The first-order valence-corrected chi connectivity index (χ1v) is 8.15. The minimum Gasteiger partial charge on any atom is -0.346 e. The van der Waals surface area contributed by atoms with Crippen LogP contribution < -0.4 is 5.32 Å². The molecule has 2 nitrogen and oxygen atoms in total. The Bertz CT molecular complexity index is 444. The van der Waals surface area contributed by atoms with E-state index in [1.807, 2.05) is 32.0 Å². The van der Waals surface area contributed by atoms with Crippen molar-refractivity contribution in [2.75, 3.05) is 5.33 Å². The van der Waals surface area contributed by atoms with E-state index in [-0.39, 0.29) is 11.4 Å². The molecule has 2 rings (SSSR count). The first kappa shape index (κ1) is 14.6. The molecule has 0 bridgehead atoms. The number of hydrogen-bond donors (Lipinski definition) is 1. The Kier molecular flexibility index (Phi) is 4.67. The fourth-order valence-electron chi connectivity index (χ4n) is 3.00. The van der Waals surface area contributed by atoms with Crippen LogP contribution in [0.4, 0.5) is 0 Å². The van der Waals surface area contributed by atoms with Gasteiger partial charge in [0.25, 0.3) is 5.91 Å². The Morgan fingerprint density at radius 3 is 2.32 bits per heavy atom. The van der Waals surface area contributed by atoms with E-state index in [9.17, 15) is 4.79 Å². The Morgan fingerprint density at radius 2 is 1.79 bits per heavy atom. The van der Waals surface area contributed by atoms with Crippen LogP contribution in [0.1, 0.15) is 53.6 Å². The SMILES string of the molecule is Cc1cccc(C)c1C(=O)NC1(CBr)CCCCC1. The van der Waals surface area contributed by atoms with Gasteiger partial charge in [0.15, 0.2) is 0 Å². The fraction of sp³-hybridized carbons (Fsp3) is 0.562. The third kappa shape index (κ3) is 3.19. The summed E-state index contributed by atoms with van der Waals surface area (Å²) in [5, 5.41) is 4.14. The molecule has 1 amide bonds. The molecule has 0 aliphatic heterocycles. The number of nitrogens with one attached hydrogen (secondary N) is 1. The molecule has 3 heteroatoms. The highest BCUT2D eigenvalue weighted by atomic mass is 79.9. The largest absolute Gasteiger partial charge is 0.346 e. The average Bonchev–Trinajstić information content (AvgIpc) is 2.39. The molecule has 1 aromatic carbocycles. The second kappa shape index (κ2) is 6.08. The molecule has 0 spiro atoms. The molecule has 0 heterocycles. The lowest BCUT2D eigenvalue weighted by Crippen LogP contribution is -2.51. The number of alkyl halides is 1. The molecule has 1 fully saturated rings. The van der Waals surface area contributed by atoms with Gasteiger partial charge in [-0.25, -0.2) is 0 Å². The minimum absolute atomic E-state index is 0.0515. The van der Waals surface area contributed by atoms with Crippen molar-refractivity contribution >= 4 is 21.8 Å². The average molecular weight is 324 g/mol. The molecule has 0 radical (unpaired) electrons. The van der Waals surface area contributed by atoms with Gasteiger partial charge in [0.1, 0.15) is 0 Å². The summed E-state index contributed by atoms with van der Waals surface area (Å²) >= 11 is 3.59. The van der Waals surface area contributed by atoms with Crippen LogP contribution in [0.2, 0.25) is 0 Å². The number of halogens is 1. The Labute approximate surface area is 124 Å². The van der Waals surface area contributed by atoms with Gasteiger partial charge in [0.05, 0.1) is 5.54 Å². The van der Waals surface area contributed by atoms with Crippen LogP contribution in [0.15, 0.2) is 18.2 Å². The van der Waals surface area contributed by atoms with Crippen LogP contribution in [0.5, 0.6) is 0 Å². The van der Waals surface area contributed by atoms with Crippen LogP contribution in [0.3, 0.4) is 0 Å². The third-order valence-electron chi connectivity index (χ3n) is 4.15. The molecule has 1 aliphatic rings. The molecule has 1 aromatic rings. The van der Waals surface area contributed by atoms with Gasteiger partial charge in [0, 0.05) is 10.9 Å². The number of rotatable bonds is 3. The standard InChI is InChI=1S/C16H22BrNO/c1-12-7-6-8-13(2)14(12)15(19)18-16(11-17)9-4-3-5-10-16/h6-8H,3-5,9-11H2,1-2H3,(H,18,19). The summed E-state index contributed by atoms with van der Waals surface area (Å²) in [6, 6.07) is 6.01. The zero-order chi connectivity index (χ0) is 13.9. The van der Waals surface area contributed by atoms with Gasteiger partial charge in [-0.1, -0.05) is 53.4 Å². The highest BCUT2D eigenvalue weighted by Gasteiger charge is 2.33. The van der Waals surface area contributed by atoms with Crippen molar-refractivity contribution in [3.63, 3.8) is 0 Å². The molecule has 1 N–H and O–H groups in total. The normalized spacial score (nSPS) is 18.1. The third-order valence-corrected chi connectivity index (χ3v) is 5.23. The van der Waals surface area contributed by atoms with E-state index in [4.69, 9.17) is 0 Å². The summed E-state index contributed by atoms with van der Waals surface area (Å²) in [5.41, 5.74) is 2.90. The maximum Gasteiger partial charge on any atom is 0.252 e. The molecular weight excluding hydrogens is 302 g/mol. The van der Waals surface area contributed by atoms with Gasteiger partial charge in [0.2, 0.25) is 0 Å². The van der Waals surface area contributed by atoms with Crippen LogP contribution in [0.25, 0.3) is 0 Å². The summed E-state index contributed by atoms with van der Waals surface area (Å²) in [5.74, 6) is 0.0805. The topological polar surface area (TPSA) is 29.1 Å². The van der Waals surface area contributed by atoms with Crippen molar-refractivity contribution < 1.29 is 4.79 Å². The number of benzene rings is 1. The molecule has 1 aliphatic carbocycles. The van der Waals surface area contributed by atoms with E-state index >= 15 is 0 Å². The summed E-state index contributed by atoms with van der Waals surface area (Å²) in [4.78, 5) is 12.6. The summed E-state index contributed by atoms with van der Waals surface area (Å²) in [6.07, 6.45) is 5.86. The van der Waals surface area contributed by atoms with Gasteiger partial charge in [-0.05, 0) is 37.8 Å². The van der Waals surface area contributed by atoms with E-state index in [0.29, 0.717) is 0 Å². The molecule has 104 valence electrons. The first-order chi connectivity index (χ1) is 9.08. The lowest BCUT2D eigenvalue weighted by Gasteiger charge is -2.37. The summed E-state index contributed by atoms with van der Waals surface area (Å²) < 4.78 is 0. The van der Waals surface area contributed by atoms with Crippen molar-refractivity contribution in [2.24, 2.45) is 0 Å². The van der Waals surface area contributed by atoms with Gasteiger partial charge >= 0.3 is 0 Å². The van der Waals surface area contributed by atoms with Gasteiger partial charge in [-0.15, -0.1) is 0 Å². The molecule has 19 heavy (non-hydrogen) atoms. The second-order valence-corrected chi connectivity index (χ2v) is 6.26. The van der Waals surface area contributed by atoms with E-state index in [1.54, 1.807) is 0 Å². The number of aryl methyl sites for hydroxylation is 2. The fourth-order valence-corrected chi connectivity index (χ4v) is 3.70. The van der Waals surface area contributed by atoms with Gasteiger partial charge < -0.3 is 5.32 Å². The van der Waals surface area contributed by atoms with Crippen molar-refractivity contribution in [3.8, 4) is 0 Å². The van der Waals surface area contributed by atoms with Crippen molar-refractivity contribution in [2.45, 2.75) is 51.5 Å². The molecule has 1 saturated carbocycles. The Morgan fingerprint density at radius 1 is 1.21 bits per heavy atom. The lowest BCUT2D eigenvalue weighted by atomic mass is 9.83. The highest BCUT2D eigenvalue weighted by Crippen LogP contribution is 2.30. The van der Waals surface area contributed by atoms with E-state index < -0.39 is 0 Å². The van der Waals surface area contributed by atoms with Crippen LogP contribution in [0, 0.1) is 13.8 Å². The van der Waals surface area contributed by atoms with E-state index in [2.05, 4.69) is 21.2 Å². The number of carbonyl (C=O) groups is 1. The predicted molar refractivity (Wildman–Crippen MR) is 83.0 cm³/mol. The summed E-state index contributed by atoms with van der Waals surface area (Å²) in [6.45, 7) is 4.01. The molecule has 0 aromatic heterocycles. The maximum atomic E-state index is 12.6. The minimum atomic E-state index is -0.0515. The number of carbonyl (C=O) groups excluding carboxylic acids is 1. The van der Waals surface area contributed by atoms with Crippen molar-refractivity contribution in [3.05, 3.63) is 34.9 Å². The molecule has 0 saturated heterocycles. The monoisotopic (exact) mass is 323 g/mol. The zero-order valence-corrected chi connectivity index (χ0v) is 13.3. The lowest BCUT2D eigenvalue weighted by molar-refractivity contribution is 0.0885. The Balaban J connectivity index is 2.20. The Hall–Kier alpha value is -0.830. The van der Waals surface area contributed by atoms with Crippen LogP contribution in [-0.2, 0) is 0 Å². The first-order valence-electron chi connectivity index (χ1n) is 7.03. The highest BCUT2D eigenvalue weighted by molar-refractivity contribution is 9.09. The van der Waals surface area contributed by atoms with E-state index in [0.717, 1.165) is 34.9 Å². The van der Waals surface area contributed by atoms with E-state index in [1.165, 1.54) is 19.3 Å². The quantitative estimate of drug-likeness (QED) is 0.832. The summed E-state index contributed by atoms with van der Waals surface area (Å²) in [7, 11) is 0. The number of hydrogen-bond acceptors (Lipinski definition) is 1. The molecule has 0 atom stereocenters. The molecule has 0 unspecified atom stereocenters. The second-order valence-electron chi connectivity index (χ2n) is 5.70. The van der Waals surface area contributed by atoms with Gasteiger partial charge in [-0.3, -0.25) is 4.79 Å². The predicted octanol–water partition coefficient (Wildman–Crippen LogP) is 4.13.